The Morgan fingerprint density at radius 1 is 0.500 bits per heavy atom. The van der Waals surface area contributed by atoms with Gasteiger partial charge in [-0.2, -0.15) is 0 Å². The summed E-state index contributed by atoms with van der Waals surface area (Å²) in [7, 11) is 0. The molecule has 10 aromatic rings. The summed E-state index contributed by atoms with van der Waals surface area (Å²) in [5.74, 6) is 1.86. The van der Waals surface area contributed by atoms with Crippen LogP contribution in [0.1, 0.15) is 11.1 Å². The van der Waals surface area contributed by atoms with Crippen molar-refractivity contribution < 1.29 is 13.9 Å². The minimum absolute atomic E-state index is 0.601. The van der Waals surface area contributed by atoms with Crippen molar-refractivity contribution in [1.29, 1.82) is 0 Å². The molecule has 13 rings (SSSR count). The Bertz CT molecular complexity index is 2880. The predicted molar refractivity (Wildman–Crippen MR) is 172 cm³/mol. The Morgan fingerprint density at radius 3 is 1.50 bits per heavy atom. The molecule has 4 aromatic carbocycles. The fourth-order valence-corrected chi connectivity index (χ4v) is 9.43. The van der Waals surface area contributed by atoms with Gasteiger partial charge in [0.1, 0.15) is 11.5 Å². The summed E-state index contributed by atoms with van der Waals surface area (Å²) >= 11 is 0. The number of fused-ring (bicyclic) bond motifs is 10. The third kappa shape index (κ3) is 1.87. The number of hydrogen-bond acceptors (Lipinski definition) is 1. The van der Waals surface area contributed by atoms with Gasteiger partial charge in [-0.15, -0.1) is 9.13 Å². The van der Waals surface area contributed by atoms with Gasteiger partial charge in [0.25, 0.3) is 0 Å². The second-order valence-corrected chi connectivity index (χ2v) is 12.6. The highest BCUT2D eigenvalue weighted by molar-refractivity contribution is 6.22. The monoisotopic (exact) mass is 560 g/mol. The van der Waals surface area contributed by atoms with Gasteiger partial charge in [0.15, 0.2) is 23.5 Å². The van der Waals surface area contributed by atoms with Crippen LogP contribution < -0.4 is 13.9 Å². The predicted octanol–water partition coefficient (Wildman–Crippen LogP) is 7.72. The molecular formula is C39H20N4O+2. The van der Waals surface area contributed by atoms with Crippen LogP contribution in [-0.4, -0.2) is 8.80 Å². The van der Waals surface area contributed by atoms with E-state index in [0.29, 0.717) is 0 Å². The first-order valence-corrected chi connectivity index (χ1v) is 15.2. The van der Waals surface area contributed by atoms with Crippen LogP contribution in [0.3, 0.4) is 0 Å². The van der Waals surface area contributed by atoms with Gasteiger partial charge in [-0.1, -0.05) is 48.5 Å². The molecule has 1 spiro atoms. The van der Waals surface area contributed by atoms with E-state index < -0.39 is 5.66 Å². The molecule has 0 bridgehead atoms. The van der Waals surface area contributed by atoms with Gasteiger partial charge in [0, 0.05) is 46.1 Å². The Morgan fingerprint density at radius 2 is 0.977 bits per heavy atom. The molecule has 3 aliphatic rings. The van der Waals surface area contributed by atoms with Crippen molar-refractivity contribution in [2.45, 2.75) is 5.66 Å². The normalized spacial score (nSPS) is 15.2. The SMILES string of the molecule is c1ccc2c(c1)cn1c3ccc4c5c3c3c(ccc[n+]3C53c5c(ccc6c5c5c(ccc[n+]53)c3c5ccccc5cn63)O4)c21. The zero-order valence-corrected chi connectivity index (χ0v) is 23.2. The molecule has 0 aliphatic carbocycles. The molecule has 0 saturated carbocycles. The molecule has 0 N–H and O–H groups in total. The van der Waals surface area contributed by atoms with Gasteiger partial charge in [-0.3, -0.25) is 0 Å². The molecule has 5 nitrogen and oxygen atoms in total. The molecule has 6 aromatic heterocycles. The highest BCUT2D eigenvalue weighted by Crippen LogP contribution is 2.57. The van der Waals surface area contributed by atoms with Crippen molar-refractivity contribution >= 4 is 76.2 Å². The van der Waals surface area contributed by atoms with E-state index in [2.05, 4.69) is 140 Å². The third-order valence-electron chi connectivity index (χ3n) is 10.8. The highest BCUT2D eigenvalue weighted by Gasteiger charge is 2.69. The van der Waals surface area contributed by atoms with E-state index in [1.807, 2.05) is 0 Å². The first kappa shape index (κ1) is 20.9. The van der Waals surface area contributed by atoms with Crippen molar-refractivity contribution in [3.63, 3.8) is 0 Å². The fraction of sp³-hybridized carbons (Fsp3) is 0.0256. The van der Waals surface area contributed by atoms with Gasteiger partial charge >= 0.3 is 5.66 Å². The summed E-state index contributed by atoms with van der Waals surface area (Å²) in [5, 5.41) is 10.1. The summed E-state index contributed by atoms with van der Waals surface area (Å²) in [5.41, 5.74) is 9.32. The van der Waals surface area contributed by atoms with E-state index in [0.717, 1.165) is 11.5 Å². The Hall–Kier alpha value is -5.94. The van der Waals surface area contributed by atoms with Crippen LogP contribution >= 0.6 is 0 Å². The molecule has 0 atom stereocenters. The summed E-state index contributed by atoms with van der Waals surface area (Å²) in [6, 6.07) is 35.4. The summed E-state index contributed by atoms with van der Waals surface area (Å²) in [6.45, 7) is 0. The fourth-order valence-electron chi connectivity index (χ4n) is 9.43. The first-order chi connectivity index (χ1) is 21.8. The molecule has 0 amide bonds. The lowest BCUT2D eigenvalue weighted by Crippen LogP contribution is -2.72. The molecule has 0 radical (unpaired) electrons. The summed E-state index contributed by atoms with van der Waals surface area (Å²) in [6.07, 6.45) is 9.19. The molecule has 9 heterocycles. The van der Waals surface area contributed by atoms with Crippen molar-refractivity contribution in [3.8, 4) is 11.5 Å². The zero-order chi connectivity index (χ0) is 28.1. The van der Waals surface area contributed by atoms with Crippen molar-refractivity contribution in [1.82, 2.24) is 8.80 Å². The Kier molecular flexibility index (Phi) is 3.01. The molecule has 200 valence electrons. The highest BCUT2D eigenvalue weighted by atomic mass is 16.5. The quantitative estimate of drug-likeness (QED) is 0.138. The number of rotatable bonds is 0. The van der Waals surface area contributed by atoms with Crippen LogP contribution in [0.2, 0.25) is 0 Å². The molecular weight excluding hydrogens is 540 g/mol. The van der Waals surface area contributed by atoms with Crippen LogP contribution in [0.5, 0.6) is 11.5 Å². The molecule has 0 unspecified atom stereocenters. The number of nitrogens with zero attached hydrogens (tertiary/aromatic N) is 4. The number of aromatic nitrogens is 4. The first-order valence-electron chi connectivity index (χ1n) is 15.2. The van der Waals surface area contributed by atoms with Crippen LogP contribution in [-0.2, 0) is 5.66 Å². The maximum Gasteiger partial charge on any atom is 0.425 e. The lowest BCUT2D eigenvalue weighted by atomic mass is 9.87. The van der Waals surface area contributed by atoms with Crippen molar-refractivity contribution in [2.75, 3.05) is 0 Å². The van der Waals surface area contributed by atoms with Crippen molar-refractivity contribution in [2.24, 2.45) is 0 Å². The minimum Gasteiger partial charge on any atom is -0.456 e. The lowest BCUT2D eigenvalue weighted by Gasteiger charge is -2.26. The van der Waals surface area contributed by atoms with Gasteiger partial charge in [0.05, 0.1) is 43.6 Å². The number of hydrogen-bond donors (Lipinski definition) is 0. The number of benzene rings is 4. The number of ether oxygens (including phenoxy) is 1. The zero-order valence-electron chi connectivity index (χ0n) is 23.2. The summed E-state index contributed by atoms with van der Waals surface area (Å²) in [4.78, 5) is 0. The average Bonchev–Trinajstić information content (AvgIpc) is 3.81. The molecule has 5 heteroatoms. The van der Waals surface area contributed by atoms with Gasteiger partial charge in [-0.25, -0.2) is 0 Å². The van der Waals surface area contributed by atoms with E-state index in [-0.39, 0.29) is 0 Å². The van der Waals surface area contributed by atoms with Gasteiger partial charge < -0.3 is 13.5 Å². The standard InChI is InChI=1S/C39H20N4O/c1-3-9-23-21(7-1)19-40-27-13-15-29-33-31(27)37-25(35(23)40)11-5-17-42(37)39(33)34-30(44-29)16-14-28-32(34)38-26(12-6-18-43(38)39)36-24-10-4-2-8-22(24)20-41(28)36/h1-20H/q+2. The molecule has 44 heavy (non-hydrogen) atoms. The second-order valence-electron chi connectivity index (χ2n) is 12.6. The summed E-state index contributed by atoms with van der Waals surface area (Å²) < 4.78 is 16.8. The van der Waals surface area contributed by atoms with E-state index in [9.17, 15) is 0 Å². The number of pyridine rings is 4. The maximum atomic E-state index is 6.90. The van der Waals surface area contributed by atoms with E-state index in [1.165, 1.54) is 87.3 Å². The van der Waals surface area contributed by atoms with Gasteiger partial charge in [0.2, 0.25) is 11.0 Å². The minimum atomic E-state index is -0.601. The van der Waals surface area contributed by atoms with Crippen LogP contribution in [0, 0.1) is 0 Å². The third-order valence-corrected chi connectivity index (χ3v) is 10.8. The van der Waals surface area contributed by atoms with Gasteiger partial charge in [-0.05, 0) is 36.4 Å². The van der Waals surface area contributed by atoms with E-state index in [1.54, 1.807) is 0 Å². The van der Waals surface area contributed by atoms with Crippen LogP contribution in [0.15, 0.2) is 122 Å². The molecule has 0 fully saturated rings. The smallest absolute Gasteiger partial charge is 0.425 e. The molecule has 0 saturated heterocycles. The van der Waals surface area contributed by atoms with E-state index in [4.69, 9.17) is 4.74 Å². The topological polar surface area (TPSA) is 25.8 Å². The lowest BCUT2D eigenvalue weighted by molar-refractivity contribution is -0.945. The molecule has 3 aliphatic heterocycles. The maximum absolute atomic E-state index is 6.90. The average molecular weight is 561 g/mol. The Labute approximate surface area is 248 Å². The van der Waals surface area contributed by atoms with Crippen molar-refractivity contribution in [3.05, 3.63) is 133 Å². The van der Waals surface area contributed by atoms with Crippen LogP contribution in [0.4, 0.5) is 0 Å². The largest absolute Gasteiger partial charge is 0.456 e. The second kappa shape index (κ2) is 6.36. The van der Waals surface area contributed by atoms with E-state index >= 15 is 0 Å². The Balaban J connectivity index is 1.34. The van der Waals surface area contributed by atoms with Crippen LogP contribution in [0.25, 0.3) is 76.2 Å².